The van der Waals surface area contributed by atoms with Crippen LogP contribution in [-0.2, 0) is 4.74 Å². The van der Waals surface area contributed by atoms with Gasteiger partial charge in [0.25, 0.3) is 0 Å². The van der Waals surface area contributed by atoms with Crippen molar-refractivity contribution in [2.75, 3.05) is 19.1 Å². The number of nitrogens with zero attached hydrogens (tertiary/aromatic N) is 1. The first-order valence-electron chi connectivity index (χ1n) is 6.31. The van der Waals surface area contributed by atoms with Crippen molar-refractivity contribution in [3.05, 3.63) is 42.0 Å². The number of likely N-dealkylation sites (N-methyl/N-ethyl adjacent to an activating group) is 1. The van der Waals surface area contributed by atoms with E-state index in [4.69, 9.17) is 4.74 Å². The lowest BCUT2D eigenvalue weighted by molar-refractivity contribution is 0.0601. The molecular weight excluding hydrogens is 226 g/mol. The molecule has 3 heteroatoms. The average Bonchev–Trinajstić information content (AvgIpc) is 2.46. The molecule has 0 spiro atoms. The summed E-state index contributed by atoms with van der Waals surface area (Å²) in [5, 5.41) is 0. The summed E-state index contributed by atoms with van der Waals surface area (Å²) in [6.07, 6.45) is 7.92. The van der Waals surface area contributed by atoms with E-state index >= 15 is 0 Å². The fraction of sp³-hybridized carbons (Fsp3) is 0.400. The van der Waals surface area contributed by atoms with Gasteiger partial charge < -0.3 is 9.64 Å². The molecule has 18 heavy (non-hydrogen) atoms. The Hall–Kier alpha value is -1.77. The molecule has 1 aliphatic carbocycles. The zero-order chi connectivity index (χ0) is 13.0. The molecule has 1 aliphatic rings. The van der Waals surface area contributed by atoms with E-state index in [0.29, 0.717) is 11.6 Å². The fourth-order valence-electron chi connectivity index (χ4n) is 2.36. The number of carbonyl (C=O) groups is 1. The number of esters is 1. The van der Waals surface area contributed by atoms with Crippen molar-refractivity contribution < 1.29 is 9.53 Å². The van der Waals surface area contributed by atoms with Crippen LogP contribution in [0.5, 0.6) is 0 Å². The minimum Gasteiger partial charge on any atom is -0.465 e. The van der Waals surface area contributed by atoms with E-state index in [1.54, 1.807) is 0 Å². The van der Waals surface area contributed by atoms with Gasteiger partial charge in [-0.15, -0.1) is 0 Å². The van der Waals surface area contributed by atoms with Gasteiger partial charge in [0.1, 0.15) is 0 Å². The third-order valence-corrected chi connectivity index (χ3v) is 3.42. The van der Waals surface area contributed by atoms with Crippen LogP contribution in [0.1, 0.15) is 29.6 Å². The molecule has 1 aromatic carbocycles. The first-order chi connectivity index (χ1) is 8.74. The number of rotatable bonds is 3. The van der Waals surface area contributed by atoms with E-state index in [1.807, 2.05) is 31.3 Å². The number of hydrogen-bond donors (Lipinski definition) is 0. The molecule has 0 N–H and O–H groups in total. The standard InChI is InChI=1S/C15H19NO2/c1-16(12-8-4-3-5-9-12)14-11-7-6-10-13(14)15(17)18-2/h4,6-8,10-12H,3,5,9H2,1-2H3. The smallest absolute Gasteiger partial charge is 0.339 e. The van der Waals surface area contributed by atoms with Gasteiger partial charge in [0.15, 0.2) is 0 Å². The highest BCUT2D eigenvalue weighted by Crippen LogP contribution is 2.25. The van der Waals surface area contributed by atoms with Crippen molar-refractivity contribution in [3.8, 4) is 0 Å². The molecule has 0 saturated carbocycles. The van der Waals surface area contributed by atoms with Gasteiger partial charge >= 0.3 is 5.97 Å². The summed E-state index contributed by atoms with van der Waals surface area (Å²) in [6, 6.07) is 7.95. The molecule has 0 radical (unpaired) electrons. The largest absolute Gasteiger partial charge is 0.465 e. The number of allylic oxidation sites excluding steroid dienone is 1. The summed E-state index contributed by atoms with van der Waals surface area (Å²) < 4.78 is 4.83. The average molecular weight is 245 g/mol. The zero-order valence-electron chi connectivity index (χ0n) is 10.9. The van der Waals surface area contributed by atoms with Crippen molar-refractivity contribution in [3.63, 3.8) is 0 Å². The molecular formula is C15H19NO2. The predicted molar refractivity (Wildman–Crippen MR) is 73.0 cm³/mol. The number of para-hydroxylation sites is 1. The Bertz CT molecular complexity index is 454. The van der Waals surface area contributed by atoms with Gasteiger partial charge in [-0.1, -0.05) is 24.3 Å². The lowest BCUT2D eigenvalue weighted by Gasteiger charge is -2.30. The Labute approximate surface area is 108 Å². The zero-order valence-corrected chi connectivity index (χ0v) is 10.9. The third-order valence-electron chi connectivity index (χ3n) is 3.42. The molecule has 3 nitrogen and oxygen atoms in total. The summed E-state index contributed by atoms with van der Waals surface area (Å²) in [4.78, 5) is 13.9. The number of benzene rings is 1. The van der Waals surface area contributed by atoms with Crippen LogP contribution in [0, 0.1) is 0 Å². The molecule has 1 unspecified atom stereocenters. The van der Waals surface area contributed by atoms with Crippen LogP contribution in [0.2, 0.25) is 0 Å². The second-order valence-electron chi connectivity index (χ2n) is 4.55. The molecule has 1 aromatic rings. The monoisotopic (exact) mass is 245 g/mol. The first kappa shape index (κ1) is 12.7. The van der Waals surface area contributed by atoms with Crippen LogP contribution in [0.25, 0.3) is 0 Å². The quantitative estimate of drug-likeness (QED) is 0.605. The van der Waals surface area contributed by atoms with E-state index in [-0.39, 0.29) is 5.97 Å². The SMILES string of the molecule is COC(=O)c1ccccc1N(C)C1C=CCCC1. The Morgan fingerprint density at radius 3 is 2.83 bits per heavy atom. The van der Waals surface area contributed by atoms with Crippen LogP contribution >= 0.6 is 0 Å². The van der Waals surface area contributed by atoms with Crippen LogP contribution in [-0.4, -0.2) is 26.2 Å². The predicted octanol–water partition coefficient (Wildman–Crippen LogP) is 3.02. The molecule has 0 aromatic heterocycles. The maximum atomic E-state index is 11.8. The second kappa shape index (κ2) is 5.71. The Morgan fingerprint density at radius 2 is 2.17 bits per heavy atom. The van der Waals surface area contributed by atoms with Crippen molar-refractivity contribution >= 4 is 11.7 Å². The number of carbonyl (C=O) groups excluding carboxylic acids is 1. The summed E-state index contributed by atoms with van der Waals surface area (Å²) >= 11 is 0. The Balaban J connectivity index is 2.29. The van der Waals surface area contributed by atoms with Gasteiger partial charge in [0.2, 0.25) is 0 Å². The van der Waals surface area contributed by atoms with Crippen molar-refractivity contribution in [1.82, 2.24) is 0 Å². The number of ether oxygens (including phenoxy) is 1. The molecule has 2 rings (SSSR count). The second-order valence-corrected chi connectivity index (χ2v) is 4.55. The molecule has 0 bridgehead atoms. The van der Waals surface area contributed by atoms with Crippen molar-refractivity contribution in [2.45, 2.75) is 25.3 Å². The highest BCUT2D eigenvalue weighted by atomic mass is 16.5. The molecule has 0 heterocycles. The fourth-order valence-corrected chi connectivity index (χ4v) is 2.36. The summed E-state index contributed by atoms with van der Waals surface area (Å²) in [5.41, 5.74) is 1.56. The van der Waals surface area contributed by atoms with Gasteiger partial charge in [-0.3, -0.25) is 0 Å². The molecule has 96 valence electrons. The van der Waals surface area contributed by atoms with Gasteiger partial charge in [0, 0.05) is 13.1 Å². The number of methoxy groups -OCH3 is 1. The highest BCUT2D eigenvalue weighted by Gasteiger charge is 2.19. The molecule has 0 amide bonds. The maximum absolute atomic E-state index is 11.8. The third kappa shape index (κ3) is 2.55. The number of anilines is 1. The van der Waals surface area contributed by atoms with E-state index in [0.717, 1.165) is 18.5 Å². The van der Waals surface area contributed by atoms with Crippen molar-refractivity contribution in [1.29, 1.82) is 0 Å². The van der Waals surface area contributed by atoms with E-state index in [1.165, 1.54) is 13.5 Å². The van der Waals surface area contributed by atoms with E-state index in [9.17, 15) is 4.79 Å². The first-order valence-corrected chi connectivity index (χ1v) is 6.31. The minimum atomic E-state index is -0.280. The Morgan fingerprint density at radius 1 is 1.39 bits per heavy atom. The topological polar surface area (TPSA) is 29.5 Å². The lowest BCUT2D eigenvalue weighted by Crippen LogP contribution is -2.32. The van der Waals surface area contributed by atoms with Crippen LogP contribution in [0.4, 0.5) is 5.69 Å². The Kier molecular flexibility index (Phi) is 4.03. The minimum absolute atomic E-state index is 0.280. The van der Waals surface area contributed by atoms with Crippen molar-refractivity contribution in [2.24, 2.45) is 0 Å². The number of hydrogen-bond acceptors (Lipinski definition) is 3. The van der Waals surface area contributed by atoms with Crippen LogP contribution < -0.4 is 4.90 Å². The van der Waals surface area contributed by atoms with Gasteiger partial charge in [-0.2, -0.15) is 0 Å². The van der Waals surface area contributed by atoms with Gasteiger partial charge in [-0.05, 0) is 31.4 Å². The van der Waals surface area contributed by atoms with Gasteiger partial charge in [0.05, 0.1) is 18.4 Å². The summed E-state index contributed by atoms with van der Waals surface area (Å²) in [6.45, 7) is 0. The van der Waals surface area contributed by atoms with Crippen LogP contribution in [0.15, 0.2) is 36.4 Å². The van der Waals surface area contributed by atoms with Gasteiger partial charge in [-0.25, -0.2) is 4.79 Å². The van der Waals surface area contributed by atoms with E-state index in [2.05, 4.69) is 17.1 Å². The summed E-state index contributed by atoms with van der Waals surface area (Å²) in [7, 11) is 3.45. The molecule has 0 fully saturated rings. The molecule has 1 atom stereocenters. The van der Waals surface area contributed by atoms with E-state index < -0.39 is 0 Å². The maximum Gasteiger partial charge on any atom is 0.339 e. The van der Waals surface area contributed by atoms with Crippen LogP contribution in [0.3, 0.4) is 0 Å². The normalized spacial score (nSPS) is 18.4. The highest BCUT2D eigenvalue weighted by molar-refractivity contribution is 5.95. The lowest BCUT2D eigenvalue weighted by atomic mass is 10.0. The molecule has 0 aliphatic heterocycles. The molecule has 0 saturated heterocycles. The summed E-state index contributed by atoms with van der Waals surface area (Å²) in [5.74, 6) is -0.280.